The maximum Gasteiger partial charge on any atom is 0.328 e. The van der Waals surface area contributed by atoms with Gasteiger partial charge in [-0.2, -0.15) is 11.8 Å². The number of likely N-dealkylation sites (tertiary alicyclic amines) is 1. The fourth-order valence-corrected chi connectivity index (χ4v) is 3.86. The maximum absolute atomic E-state index is 12.9. The van der Waals surface area contributed by atoms with Gasteiger partial charge in [-0.05, 0) is 44.1 Å². The molecule has 1 aliphatic rings. The number of hydrogen-bond donors (Lipinski definition) is 7. The Bertz CT molecular complexity index is 719. The first-order valence-corrected chi connectivity index (χ1v) is 12.1. The number of carboxylic acids is 1. The van der Waals surface area contributed by atoms with Crippen LogP contribution in [0.1, 0.15) is 32.1 Å². The van der Waals surface area contributed by atoms with Gasteiger partial charge in [0.1, 0.15) is 18.1 Å². The molecule has 10 N–H and O–H groups in total. The fourth-order valence-electron chi connectivity index (χ4n) is 3.39. The summed E-state index contributed by atoms with van der Waals surface area (Å²) in [6, 6.07) is -4.08. The summed E-state index contributed by atoms with van der Waals surface area (Å²) in [7, 11) is 0. The molecular formula is C19H35N7O6S. The molecule has 0 aromatic rings. The van der Waals surface area contributed by atoms with Gasteiger partial charge in [0.15, 0.2) is 5.96 Å². The molecular weight excluding hydrogens is 454 g/mol. The van der Waals surface area contributed by atoms with Crippen molar-refractivity contribution in [1.29, 1.82) is 0 Å². The zero-order chi connectivity index (χ0) is 25.0. The molecule has 0 saturated carbocycles. The van der Waals surface area contributed by atoms with Gasteiger partial charge < -0.3 is 42.9 Å². The van der Waals surface area contributed by atoms with Crippen molar-refractivity contribution in [3.05, 3.63) is 0 Å². The molecule has 4 unspecified atom stereocenters. The zero-order valence-electron chi connectivity index (χ0n) is 18.7. The Morgan fingerprint density at radius 3 is 2.45 bits per heavy atom. The molecule has 0 aromatic heterocycles. The molecule has 0 aliphatic carbocycles. The summed E-state index contributed by atoms with van der Waals surface area (Å²) in [5, 5.41) is 23.0. The number of carboxylic acid groups (broad SMARTS) is 1. The van der Waals surface area contributed by atoms with Crippen LogP contribution in [0.2, 0.25) is 0 Å². The second kappa shape index (κ2) is 14.5. The Morgan fingerprint density at radius 1 is 1.18 bits per heavy atom. The topological polar surface area (TPSA) is 226 Å². The zero-order valence-corrected chi connectivity index (χ0v) is 19.6. The van der Waals surface area contributed by atoms with Crippen molar-refractivity contribution in [2.75, 3.05) is 31.7 Å². The van der Waals surface area contributed by atoms with Crippen molar-refractivity contribution >= 4 is 41.4 Å². The van der Waals surface area contributed by atoms with Crippen LogP contribution in [0.3, 0.4) is 0 Å². The highest BCUT2D eigenvalue weighted by Crippen LogP contribution is 2.19. The highest BCUT2D eigenvalue weighted by molar-refractivity contribution is 7.98. The predicted octanol–water partition coefficient (Wildman–Crippen LogP) is -2.84. The Labute approximate surface area is 196 Å². The Balaban J connectivity index is 2.78. The lowest BCUT2D eigenvalue weighted by molar-refractivity contribution is -0.144. The number of nitrogens with one attached hydrogen (secondary N) is 2. The van der Waals surface area contributed by atoms with Crippen LogP contribution in [-0.2, 0) is 19.2 Å². The van der Waals surface area contributed by atoms with E-state index >= 15 is 0 Å². The standard InChI is InChI=1S/C19H35N7O6S/c1-33-9-6-12(15(28)25-13(10-27)18(31)32)24-16(29)14-5-3-8-26(14)17(30)11(20)4-2-7-23-19(21)22/h11-14,27H,2-10,20H2,1H3,(H,24,29)(H,25,28)(H,31,32)(H4,21,22,23). The number of hydrogen-bond acceptors (Lipinski definition) is 8. The summed E-state index contributed by atoms with van der Waals surface area (Å²) in [5.41, 5.74) is 16.5. The molecule has 13 nitrogen and oxygen atoms in total. The van der Waals surface area contributed by atoms with Crippen molar-refractivity contribution in [3.63, 3.8) is 0 Å². The van der Waals surface area contributed by atoms with Gasteiger partial charge in [-0.3, -0.25) is 19.4 Å². The Hall–Kier alpha value is -2.58. The lowest BCUT2D eigenvalue weighted by Gasteiger charge is -2.28. The van der Waals surface area contributed by atoms with Gasteiger partial charge in [0.05, 0.1) is 12.6 Å². The quantitative estimate of drug-likeness (QED) is 0.0750. The minimum atomic E-state index is -1.48. The van der Waals surface area contributed by atoms with E-state index in [9.17, 15) is 19.2 Å². The van der Waals surface area contributed by atoms with Crippen LogP contribution >= 0.6 is 11.8 Å². The number of carbonyl (C=O) groups excluding carboxylic acids is 3. The van der Waals surface area contributed by atoms with Gasteiger partial charge in [0, 0.05) is 13.1 Å². The number of nitrogens with zero attached hydrogens (tertiary/aromatic N) is 2. The van der Waals surface area contributed by atoms with E-state index in [1.807, 2.05) is 6.26 Å². The van der Waals surface area contributed by atoms with Gasteiger partial charge in [0.25, 0.3) is 0 Å². The summed E-state index contributed by atoms with van der Waals surface area (Å²) in [5.74, 6) is -2.49. The minimum Gasteiger partial charge on any atom is -0.480 e. The molecule has 188 valence electrons. The predicted molar refractivity (Wildman–Crippen MR) is 124 cm³/mol. The maximum atomic E-state index is 12.9. The first-order chi connectivity index (χ1) is 15.6. The number of carbonyl (C=O) groups is 4. The summed E-state index contributed by atoms with van der Waals surface area (Å²) >= 11 is 1.46. The molecule has 33 heavy (non-hydrogen) atoms. The number of nitrogens with two attached hydrogens (primary N) is 3. The molecule has 14 heteroatoms. The molecule has 0 bridgehead atoms. The largest absolute Gasteiger partial charge is 0.480 e. The van der Waals surface area contributed by atoms with Gasteiger partial charge in [0.2, 0.25) is 17.7 Å². The third-order valence-electron chi connectivity index (χ3n) is 5.16. The highest BCUT2D eigenvalue weighted by atomic mass is 32.2. The van der Waals surface area contributed by atoms with E-state index in [1.54, 1.807) is 0 Å². The minimum absolute atomic E-state index is 0.0418. The van der Waals surface area contributed by atoms with Crippen LogP contribution in [0.5, 0.6) is 0 Å². The lowest BCUT2D eigenvalue weighted by Crippen LogP contribution is -2.57. The molecule has 0 radical (unpaired) electrons. The fraction of sp³-hybridized carbons (Fsp3) is 0.737. The van der Waals surface area contributed by atoms with Crippen LogP contribution in [-0.4, -0.2) is 101 Å². The van der Waals surface area contributed by atoms with Crippen LogP contribution in [0.25, 0.3) is 0 Å². The molecule has 3 amide bonds. The van der Waals surface area contributed by atoms with Gasteiger partial charge in [-0.25, -0.2) is 4.79 Å². The summed E-state index contributed by atoms with van der Waals surface area (Å²) in [6.45, 7) is -0.0767. The molecule has 4 atom stereocenters. The van der Waals surface area contributed by atoms with Crippen LogP contribution in [0.4, 0.5) is 0 Å². The number of rotatable bonds is 14. The van der Waals surface area contributed by atoms with Crippen molar-refractivity contribution in [2.45, 2.75) is 56.3 Å². The smallest absolute Gasteiger partial charge is 0.328 e. The number of aliphatic carboxylic acids is 1. The number of aliphatic hydroxyl groups excluding tert-OH is 1. The monoisotopic (exact) mass is 489 g/mol. The van der Waals surface area contributed by atoms with Crippen LogP contribution in [0, 0.1) is 0 Å². The Kier molecular flexibility index (Phi) is 12.5. The molecule has 1 fully saturated rings. The second-order valence-corrected chi connectivity index (χ2v) is 8.66. The van der Waals surface area contributed by atoms with E-state index < -0.39 is 48.6 Å². The van der Waals surface area contributed by atoms with Gasteiger partial charge >= 0.3 is 5.97 Å². The molecule has 1 heterocycles. The number of amides is 3. The van der Waals surface area contributed by atoms with E-state index in [1.165, 1.54) is 16.7 Å². The summed E-state index contributed by atoms with van der Waals surface area (Å²) < 4.78 is 0. The van der Waals surface area contributed by atoms with Crippen LogP contribution < -0.4 is 27.8 Å². The average Bonchev–Trinajstić information content (AvgIpc) is 3.26. The van der Waals surface area contributed by atoms with E-state index in [0.29, 0.717) is 44.5 Å². The molecule has 0 aromatic carbocycles. The first kappa shape index (κ1) is 28.5. The van der Waals surface area contributed by atoms with Crippen molar-refractivity contribution < 1.29 is 29.4 Å². The molecule has 1 aliphatic heterocycles. The number of thioether (sulfide) groups is 1. The summed E-state index contributed by atoms with van der Waals surface area (Å²) in [6.07, 6.45) is 3.96. The normalized spacial score (nSPS) is 18.2. The molecule has 1 rings (SSSR count). The number of aliphatic imine (C=N–C) groups is 1. The molecule has 1 saturated heterocycles. The Morgan fingerprint density at radius 2 is 1.88 bits per heavy atom. The summed E-state index contributed by atoms with van der Waals surface area (Å²) in [4.78, 5) is 54.7. The van der Waals surface area contributed by atoms with Crippen molar-refractivity contribution in [2.24, 2.45) is 22.2 Å². The second-order valence-electron chi connectivity index (χ2n) is 7.67. The van der Waals surface area contributed by atoms with Crippen molar-refractivity contribution in [3.8, 4) is 0 Å². The van der Waals surface area contributed by atoms with Gasteiger partial charge in [-0.15, -0.1) is 0 Å². The third-order valence-corrected chi connectivity index (χ3v) is 5.81. The van der Waals surface area contributed by atoms with E-state index in [0.717, 1.165) is 0 Å². The van der Waals surface area contributed by atoms with E-state index in [2.05, 4.69) is 15.6 Å². The SMILES string of the molecule is CSCCC(NC(=O)C1CCCN1C(=O)C(N)CCCN=C(N)N)C(=O)NC(CO)C(=O)O. The molecule has 0 spiro atoms. The van der Waals surface area contributed by atoms with Crippen LogP contribution in [0.15, 0.2) is 4.99 Å². The average molecular weight is 490 g/mol. The van der Waals surface area contributed by atoms with Gasteiger partial charge in [-0.1, -0.05) is 0 Å². The van der Waals surface area contributed by atoms with E-state index in [-0.39, 0.29) is 18.3 Å². The third kappa shape index (κ3) is 9.43. The number of aliphatic hydroxyl groups is 1. The number of guanidine groups is 1. The highest BCUT2D eigenvalue weighted by Gasteiger charge is 2.37. The first-order valence-electron chi connectivity index (χ1n) is 10.7. The lowest BCUT2D eigenvalue weighted by atomic mass is 10.1. The van der Waals surface area contributed by atoms with E-state index in [4.69, 9.17) is 27.4 Å². The van der Waals surface area contributed by atoms with Crippen molar-refractivity contribution in [1.82, 2.24) is 15.5 Å².